The van der Waals surface area contributed by atoms with Crippen LogP contribution < -0.4 is 15.5 Å². The molecule has 0 spiro atoms. The molecular weight excluding hydrogens is 464 g/mol. The highest BCUT2D eigenvalue weighted by atomic mass is 32.2. The van der Waals surface area contributed by atoms with Gasteiger partial charge in [0.1, 0.15) is 0 Å². The smallest absolute Gasteiger partial charge is 0.326 e. The molecular formula is C24H23F2N3O4S. The molecule has 34 heavy (non-hydrogen) atoms. The number of sulfone groups is 1. The molecule has 0 radical (unpaired) electrons. The van der Waals surface area contributed by atoms with Gasteiger partial charge >= 0.3 is 6.03 Å². The predicted octanol–water partition coefficient (Wildman–Crippen LogP) is 3.95. The summed E-state index contributed by atoms with van der Waals surface area (Å²) >= 11 is 0. The number of halogens is 2. The summed E-state index contributed by atoms with van der Waals surface area (Å²) in [7, 11) is -3.67. The first-order valence-electron chi connectivity index (χ1n) is 11.0. The van der Waals surface area contributed by atoms with Gasteiger partial charge in [-0.3, -0.25) is 9.69 Å². The van der Waals surface area contributed by atoms with Crippen LogP contribution in [0.25, 0.3) is 0 Å². The van der Waals surface area contributed by atoms with E-state index in [0.29, 0.717) is 29.7 Å². The highest BCUT2D eigenvalue weighted by Crippen LogP contribution is 2.42. The zero-order valence-corrected chi connectivity index (χ0v) is 19.2. The lowest BCUT2D eigenvalue weighted by Gasteiger charge is -2.39. The highest BCUT2D eigenvalue weighted by Gasteiger charge is 2.41. The van der Waals surface area contributed by atoms with Gasteiger partial charge in [-0.1, -0.05) is 24.3 Å². The molecule has 0 aromatic heterocycles. The summed E-state index contributed by atoms with van der Waals surface area (Å²) in [6, 6.07) is 9.05. The summed E-state index contributed by atoms with van der Waals surface area (Å²) in [5.74, 6) is -0.200. The number of amides is 2. The monoisotopic (exact) mass is 487 g/mol. The van der Waals surface area contributed by atoms with Gasteiger partial charge in [0, 0.05) is 42.1 Å². The first-order valence-corrected chi connectivity index (χ1v) is 12.9. The van der Waals surface area contributed by atoms with E-state index in [2.05, 4.69) is 10.6 Å². The number of nitrogens with zero attached hydrogens (tertiary/aromatic N) is 1. The number of urea groups is 1. The number of nitrogens with one attached hydrogen (secondary N) is 2. The molecule has 7 nitrogen and oxygen atoms in total. The number of hydrogen-bond donors (Lipinski definition) is 2. The number of carbonyl (C=O) groups is 2. The summed E-state index contributed by atoms with van der Waals surface area (Å²) in [4.78, 5) is 27.7. The minimum absolute atomic E-state index is 0.0578. The van der Waals surface area contributed by atoms with Crippen LogP contribution in [0.15, 0.2) is 58.6 Å². The van der Waals surface area contributed by atoms with Gasteiger partial charge in [-0.15, -0.1) is 0 Å². The molecule has 5 rings (SSSR count). The van der Waals surface area contributed by atoms with Gasteiger partial charge in [0.25, 0.3) is 6.43 Å². The molecule has 2 aliphatic heterocycles. The molecule has 2 aromatic rings. The van der Waals surface area contributed by atoms with Crippen LogP contribution in [-0.2, 0) is 14.6 Å². The van der Waals surface area contributed by atoms with Gasteiger partial charge < -0.3 is 10.6 Å². The standard InChI is InChI=1S/C24H23F2N3O4S/c1-34(32,33)20-11-13(17-12-27-17)8-9-16(20)22-21-18(6-3-7-19(21)30)29(24(31)28-22)15-5-2-4-14(10-15)23(25)26/h2,4-5,8-11,17,22-23,27H,3,6-7,12H2,1H3,(H,28,31). The van der Waals surface area contributed by atoms with Gasteiger partial charge in [0.05, 0.1) is 16.6 Å². The number of allylic oxidation sites excluding steroid dienone is 1. The number of carbonyl (C=O) groups excluding carboxylic acids is 2. The van der Waals surface area contributed by atoms with Crippen molar-refractivity contribution >= 4 is 27.3 Å². The molecule has 2 N–H and O–H groups in total. The quantitative estimate of drug-likeness (QED) is 0.622. The molecule has 2 aromatic carbocycles. The summed E-state index contributed by atoms with van der Waals surface area (Å²) in [6.45, 7) is 0.753. The van der Waals surface area contributed by atoms with Gasteiger partial charge in [-0.2, -0.15) is 0 Å². The Morgan fingerprint density at radius 3 is 2.53 bits per heavy atom. The van der Waals surface area contributed by atoms with Crippen LogP contribution in [0.1, 0.15) is 54.5 Å². The Bertz CT molecular complexity index is 1340. The largest absolute Gasteiger partial charge is 0.327 e. The molecule has 2 heterocycles. The van der Waals surface area contributed by atoms with Crippen LogP contribution in [0.4, 0.5) is 19.3 Å². The Morgan fingerprint density at radius 1 is 1.09 bits per heavy atom. The Balaban J connectivity index is 1.67. The maximum Gasteiger partial charge on any atom is 0.327 e. The van der Waals surface area contributed by atoms with E-state index in [9.17, 15) is 26.8 Å². The number of rotatable bonds is 5. The van der Waals surface area contributed by atoms with Gasteiger partial charge in [-0.05, 0) is 42.2 Å². The van der Waals surface area contributed by atoms with Crippen molar-refractivity contribution in [1.29, 1.82) is 0 Å². The second-order valence-corrected chi connectivity index (χ2v) is 10.8. The van der Waals surface area contributed by atoms with Crippen LogP contribution >= 0.6 is 0 Å². The minimum Gasteiger partial charge on any atom is -0.326 e. The van der Waals surface area contributed by atoms with E-state index < -0.39 is 28.3 Å². The van der Waals surface area contributed by atoms with E-state index >= 15 is 0 Å². The van der Waals surface area contributed by atoms with Crippen molar-refractivity contribution in [2.75, 3.05) is 17.7 Å². The first kappa shape index (κ1) is 22.7. The van der Waals surface area contributed by atoms with E-state index in [4.69, 9.17) is 0 Å². The lowest BCUT2D eigenvalue weighted by atomic mass is 9.84. The van der Waals surface area contributed by atoms with Crippen molar-refractivity contribution in [1.82, 2.24) is 10.6 Å². The molecule has 178 valence electrons. The second kappa shape index (κ2) is 8.28. The van der Waals surface area contributed by atoms with Crippen molar-refractivity contribution < 1.29 is 26.8 Å². The number of hydrogen-bond acceptors (Lipinski definition) is 5. The zero-order valence-electron chi connectivity index (χ0n) is 18.3. The molecule has 3 aliphatic rings. The Morgan fingerprint density at radius 2 is 1.85 bits per heavy atom. The van der Waals surface area contributed by atoms with Crippen LogP contribution in [0.5, 0.6) is 0 Å². The third kappa shape index (κ3) is 4.01. The number of anilines is 1. The van der Waals surface area contributed by atoms with E-state index in [1.807, 2.05) is 0 Å². The van der Waals surface area contributed by atoms with Crippen molar-refractivity contribution in [2.45, 2.75) is 42.7 Å². The maximum atomic E-state index is 13.3. The fourth-order valence-electron chi connectivity index (χ4n) is 4.72. The molecule has 2 atom stereocenters. The topological polar surface area (TPSA) is 105 Å². The molecule has 2 unspecified atom stereocenters. The lowest BCUT2D eigenvalue weighted by molar-refractivity contribution is -0.116. The van der Waals surface area contributed by atoms with E-state index in [1.165, 1.54) is 29.2 Å². The summed E-state index contributed by atoms with van der Waals surface area (Å²) in [5, 5.41) is 5.91. The van der Waals surface area contributed by atoms with Crippen molar-refractivity contribution in [3.05, 3.63) is 70.4 Å². The van der Waals surface area contributed by atoms with Gasteiger partial charge in [-0.25, -0.2) is 22.0 Å². The van der Waals surface area contributed by atoms with Crippen LogP contribution in [0, 0.1) is 0 Å². The summed E-state index contributed by atoms with van der Waals surface area (Å²) in [5.41, 5.74) is 1.86. The Kier molecular flexibility index (Phi) is 5.52. The normalized spacial score (nSPS) is 22.6. The number of benzene rings is 2. The Labute approximate surface area is 195 Å². The second-order valence-electron chi connectivity index (χ2n) is 8.78. The number of alkyl halides is 2. The summed E-state index contributed by atoms with van der Waals surface area (Å²) < 4.78 is 52.0. The van der Waals surface area contributed by atoms with Crippen molar-refractivity contribution in [2.24, 2.45) is 0 Å². The van der Waals surface area contributed by atoms with E-state index in [-0.39, 0.29) is 34.4 Å². The SMILES string of the molecule is CS(=O)(=O)c1cc(C2CN2)ccc1C1NC(=O)N(c2cccc(C(F)F)c2)C2=C1C(=O)CCC2. The fraction of sp³-hybridized carbons (Fsp3) is 0.333. The number of ketones is 1. The molecule has 0 saturated carbocycles. The summed E-state index contributed by atoms with van der Waals surface area (Å²) in [6.07, 6.45) is -0.454. The lowest BCUT2D eigenvalue weighted by Crippen LogP contribution is -2.49. The first-order chi connectivity index (χ1) is 16.1. The highest BCUT2D eigenvalue weighted by molar-refractivity contribution is 7.90. The average molecular weight is 488 g/mol. The molecule has 1 aliphatic carbocycles. The minimum atomic E-state index is -3.67. The van der Waals surface area contributed by atoms with Crippen LogP contribution in [0.3, 0.4) is 0 Å². The third-order valence-corrected chi connectivity index (χ3v) is 7.55. The van der Waals surface area contributed by atoms with E-state index in [1.54, 1.807) is 18.2 Å². The van der Waals surface area contributed by atoms with Gasteiger partial charge in [0.2, 0.25) is 0 Å². The molecule has 0 bridgehead atoms. The van der Waals surface area contributed by atoms with Crippen LogP contribution in [0.2, 0.25) is 0 Å². The average Bonchev–Trinajstić information content (AvgIpc) is 3.63. The molecule has 2 amide bonds. The molecule has 1 saturated heterocycles. The van der Waals surface area contributed by atoms with Crippen molar-refractivity contribution in [3.63, 3.8) is 0 Å². The zero-order chi connectivity index (χ0) is 24.2. The fourth-order valence-corrected chi connectivity index (χ4v) is 5.68. The maximum absolute atomic E-state index is 13.3. The molecule has 10 heteroatoms. The van der Waals surface area contributed by atoms with Crippen molar-refractivity contribution in [3.8, 4) is 0 Å². The third-order valence-electron chi connectivity index (χ3n) is 6.40. The molecule has 1 fully saturated rings. The predicted molar refractivity (Wildman–Crippen MR) is 121 cm³/mol. The Hall–Kier alpha value is -3.11. The van der Waals surface area contributed by atoms with Gasteiger partial charge in [0.15, 0.2) is 15.6 Å². The van der Waals surface area contributed by atoms with Crippen LogP contribution in [-0.4, -0.2) is 33.0 Å². The number of Topliss-reactive ketones (excluding diaryl/α,β-unsaturated/α-hetero) is 1. The van der Waals surface area contributed by atoms with E-state index in [0.717, 1.165) is 18.4 Å².